The minimum Gasteiger partial charge on any atom is -0.394 e. The Bertz CT molecular complexity index is 96.4. The van der Waals surface area contributed by atoms with Gasteiger partial charge in [0.25, 0.3) is 0 Å². The van der Waals surface area contributed by atoms with Gasteiger partial charge in [0, 0.05) is 5.54 Å². The van der Waals surface area contributed by atoms with Crippen molar-refractivity contribution in [3.63, 3.8) is 0 Å². The zero-order valence-electron chi connectivity index (χ0n) is 8.07. The molecule has 0 spiro atoms. The quantitative estimate of drug-likeness (QED) is 0.577. The van der Waals surface area contributed by atoms with Crippen molar-refractivity contribution in [2.24, 2.45) is 0 Å². The highest BCUT2D eigenvalue weighted by molar-refractivity contribution is 4.84. The standard InChI is InChI=1S/C9H20FNO/c1-3-9(4-2,8-12)11-7-5-6-10/h11-12H,3-8H2,1-2H3. The third kappa shape index (κ3) is 3.50. The number of alkyl halides is 1. The van der Waals surface area contributed by atoms with Gasteiger partial charge in [-0.1, -0.05) is 13.8 Å². The molecule has 0 bridgehead atoms. The molecule has 0 atom stereocenters. The number of aliphatic hydroxyl groups is 1. The van der Waals surface area contributed by atoms with Crippen LogP contribution in [0.2, 0.25) is 0 Å². The van der Waals surface area contributed by atoms with Crippen molar-refractivity contribution >= 4 is 0 Å². The van der Waals surface area contributed by atoms with Gasteiger partial charge in [0.05, 0.1) is 13.3 Å². The second-order valence-electron chi connectivity index (χ2n) is 3.11. The Morgan fingerprint density at radius 3 is 2.25 bits per heavy atom. The van der Waals surface area contributed by atoms with Crippen molar-refractivity contribution in [3.05, 3.63) is 0 Å². The monoisotopic (exact) mass is 177 g/mol. The fourth-order valence-electron chi connectivity index (χ4n) is 1.20. The highest BCUT2D eigenvalue weighted by Crippen LogP contribution is 2.13. The number of hydrogen-bond donors (Lipinski definition) is 2. The first-order chi connectivity index (χ1) is 5.74. The summed E-state index contributed by atoms with van der Waals surface area (Å²) < 4.78 is 11.8. The molecule has 0 aliphatic carbocycles. The third-order valence-corrected chi connectivity index (χ3v) is 2.47. The highest BCUT2D eigenvalue weighted by atomic mass is 19.1. The molecule has 0 aromatic rings. The second kappa shape index (κ2) is 6.38. The first-order valence-electron chi connectivity index (χ1n) is 4.66. The Morgan fingerprint density at radius 1 is 1.33 bits per heavy atom. The molecule has 0 saturated heterocycles. The molecule has 2 nitrogen and oxygen atoms in total. The Labute approximate surface area is 74.2 Å². The molecule has 0 aromatic carbocycles. The normalized spacial score (nSPS) is 12.0. The van der Waals surface area contributed by atoms with Gasteiger partial charge < -0.3 is 10.4 Å². The second-order valence-corrected chi connectivity index (χ2v) is 3.11. The van der Waals surface area contributed by atoms with E-state index < -0.39 is 0 Å². The van der Waals surface area contributed by atoms with Gasteiger partial charge in [-0.15, -0.1) is 0 Å². The molecule has 0 aliphatic rings. The van der Waals surface area contributed by atoms with Gasteiger partial charge in [-0.3, -0.25) is 4.39 Å². The van der Waals surface area contributed by atoms with Gasteiger partial charge in [0.2, 0.25) is 0 Å². The van der Waals surface area contributed by atoms with E-state index >= 15 is 0 Å². The van der Waals surface area contributed by atoms with Crippen LogP contribution in [-0.2, 0) is 0 Å². The summed E-state index contributed by atoms with van der Waals surface area (Å²) in [5, 5.41) is 12.3. The zero-order valence-corrected chi connectivity index (χ0v) is 8.07. The van der Waals surface area contributed by atoms with E-state index in [9.17, 15) is 4.39 Å². The van der Waals surface area contributed by atoms with Crippen LogP contribution in [0.5, 0.6) is 0 Å². The summed E-state index contributed by atoms with van der Waals surface area (Å²) in [7, 11) is 0. The van der Waals surface area contributed by atoms with Gasteiger partial charge in [0.1, 0.15) is 0 Å². The highest BCUT2D eigenvalue weighted by Gasteiger charge is 2.23. The molecule has 0 aromatic heterocycles. The van der Waals surface area contributed by atoms with Crippen molar-refractivity contribution < 1.29 is 9.50 Å². The number of nitrogens with one attached hydrogen (secondary N) is 1. The van der Waals surface area contributed by atoms with Crippen LogP contribution < -0.4 is 5.32 Å². The first-order valence-corrected chi connectivity index (χ1v) is 4.66. The summed E-state index contributed by atoms with van der Waals surface area (Å²) in [5.41, 5.74) is -0.185. The largest absolute Gasteiger partial charge is 0.394 e. The van der Waals surface area contributed by atoms with Gasteiger partial charge in [-0.05, 0) is 25.8 Å². The summed E-state index contributed by atoms with van der Waals surface area (Å²) in [6, 6.07) is 0. The summed E-state index contributed by atoms with van der Waals surface area (Å²) >= 11 is 0. The zero-order chi connectivity index (χ0) is 9.45. The SMILES string of the molecule is CCC(CC)(CO)NCCCF. The summed E-state index contributed by atoms with van der Waals surface area (Å²) in [4.78, 5) is 0. The van der Waals surface area contributed by atoms with E-state index in [-0.39, 0.29) is 18.8 Å². The molecule has 0 fully saturated rings. The van der Waals surface area contributed by atoms with Crippen molar-refractivity contribution in [2.45, 2.75) is 38.6 Å². The van der Waals surface area contributed by atoms with Crippen LogP contribution in [0, 0.1) is 0 Å². The maximum atomic E-state index is 11.8. The third-order valence-electron chi connectivity index (χ3n) is 2.47. The fourth-order valence-corrected chi connectivity index (χ4v) is 1.20. The molecule has 0 aliphatic heterocycles. The Balaban J connectivity index is 3.76. The molecule has 12 heavy (non-hydrogen) atoms. The van der Waals surface area contributed by atoms with E-state index in [1.165, 1.54) is 0 Å². The molecule has 0 saturated carbocycles. The van der Waals surface area contributed by atoms with Crippen molar-refractivity contribution in [2.75, 3.05) is 19.8 Å². The van der Waals surface area contributed by atoms with E-state index in [0.29, 0.717) is 13.0 Å². The number of aliphatic hydroxyl groups excluding tert-OH is 1. The Kier molecular flexibility index (Phi) is 6.30. The molecular weight excluding hydrogens is 157 g/mol. The van der Waals surface area contributed by atoms with Gasteiger partial charge in [-0.2, -0.15) is 0 Å². The van der Waals surface area contributed by atoms with Crippen molar-refractivity contribution in [1.82, 2.24) is 5.32 Å². The van der Waals surface area contributed by atoms with E-state index in [0.717, 1.165) is 12.8 Å². The van der Waals surface area contributed by atoms with E-state index in [4.69, 9.17) is 5.11 Å². The van der Waals surface area contributed by atoms with Crippen LogP contribution in [0.15, 0.2) is 0 Å². The van der Waals surface area contributed by atoms with Gasteiger partial charge in [0.15, 0.2) is 0 Å². The first kappa shape index (κ1) is 11.8. The lowest BCUT2D eigenvalue weighted by Crippen LogP contribution is -2.47. The average Bonchev–Trinajstić information content (AvgIpc) is 2.14. The molecule has 0 heterocycles. The van der Waals surface area contributed by atoms with Crippen molar-refractivity contribution in [1.29, 1.82) is 0 Å². The average molecular weight is 177 g/mol. The predicted octanol–water partition coefficient (Wildman–Crippen LogP) is 1.49. The van der Waals surface area contributed by atoms with Crippen LogP contribution in [0.1, 0.15) is 33.1 Å². The van der Waals surface area contributed by atoms with Crippen LogP contribution in [0.3, 0.4) is 0 Å². The van der Waals surface area contributed by atoms with E-state index in [2.05, 4.69) is 5.32 Å². The lowest BCUT2D eigenvalue weighted by atomic mass is 9.94. The topological polar surface area (TPSA) is 32.3 Å². The van der Waals surface area contributed by atoms with E-state index in [1.54, 1.807) is 0 Å². The molecule has 0 amide bonds. The lowest BCUT2D eigenvalue weighted by molar-refractivity contribution is 0.150. The van der Waals surface area contributed by atoms with Crippen LogP contribution >= 0.6 is 0 Å². The molecule has 74 valence electrons. The molecule has 3 heteroatoms. The minimum atomic E-state index is -0.290. The summed E-state index contributed by atoms with van der Waals surface area (Å²) in [5.74, 6) is 0. The predicted molar refractivity (Wildman–Crippen MR) is 49.0 cm³/mol. The molecular formula is C9H20FNO. The van der Waals surface area contributed by atoms with E-state index in [1.807, 2.05) is 13.8 Å². The number of rotatable bonds is 7. The van der Waals surface area contributed by atoms with Crippen LogP contribution in [-0.4, -0.2) is 30.5 Å². The minimum absolute atomic E-state index is 0.131. The summed E-state index contributed by atoms with van der Waals surface area (Å²) in [6.07, 6.45) is 2.29. The van der Waals surface area contributed by atoms with Gasteiger partial charge in [-0.25, -0.2) is 0 Å². The smallest absolute Gasteiger partial charge is 0.0906 e. The van der Waals surface area contributed by atoms with Crippen molar-refractivity contribution in [3.8, 4) is 0 Å². The van der Waals surface area contributed by atoms with Crippen LogP contribution in [0.25, 0.3) is 0 Å². The maximum absolute atomic E-state index is 11.8. The Morgan fingerprint density at radius 2 is 1.92 bits per heavy atom. The fraction of sp³-hybridized carbons (Fsp3) is 1.00. The lowest BCUT2D eigenvalue weighted by Gasteiger charge is -2.30. The number of hydrogen-bond acceptors (Lipinski definition) is 2. The molecule has 2 N–H and O–H groups in total. The maximum Gasteiger partial charge on any atom is 0.0906 e. The molecule has 0 unspecified atom stereocenters. The molecule has 0 rings (SSSR count). The molecule has 0 radical (unpaired) electrons. The number of halogens is 1. The Hall–Kier alpha value is -0.150. The summed E-state index contributed by atoms with van der Waals surface area (Å²) in [6.45, 7) is 4.55. The van der Waals surface area contributed by atoms with Gasteiger partial charge >= 0.3 is 0 Å². The van der Waals surface area contributed by atoms with Crippen LogP contribution in [0.4, 0.5) is 4.39 Å².